The molecule has 1 aliphatic carbocycles. The standard InChI is InChI=1S/C11H19NO/c1-9-8-12(7-5-11(9)13)6-4-10-2-3-10/h9-10H,2-8H2,1H3. The molecular formula is C11H19NO. The second kappa shape index (κ2) is 3.79. The summed E-state index contributed by atoms with van der Waals surface area (Å²) in [7, 11) is 0. The molecule has 2 rings (SSSR count). The predicted molar refractivity (Wildman–Crippen MR) is 52.6 cm³/mol. The molecule has 0 aromatic rings. The molecule has 0 radical (unpaired) electrons. The maximum Gasteiger partial charge on any atom is 0.138 e. The molecule has 2 heteroatoms. The molecule has 0 aromatic carbocycles. The number of Topliss-reactive ketones (excluding diaryl/α,β-unsaturated/α-hetero) is 1. The molecule has 13 heavy (non-hydrogen) atoms. The Morgan fingerprint density at radius 3 is 2.85 bits per heavy atom. The van der Waals surface area contributed by atoms with Crippen molar-refractivity contribution in [2.45, 2.75) is 32.6 Å². The number of hydrogen-bond donors (Lipinski definition) is 0. The van der Waals surface area contributed by atoms with E-state index in [1.165, 1.54) is 25.8 Å². The first-order valence-electron chi connectivity index (χ1n) is 5.51. The van der Waals surface area contributed by atoms with E-state index in [1.807, 2.05) is 0 Å². The fraction of sp³-hybridized carbons (Fsp3) is 0.909. The molecule has 1 saturated carbocycles. The van der Waals surface area contributed by atoms with Crippen molar-refractivity contribution in [3.63, 3.8) is 0 Å². The summed E-state index contributed by atoms with van der Waals surface area (Å²) in [6.45, 7) is 5.30. The van der Waals surface area contributed by atoms with E-state index < -0.39 is 0 Å². The molecule has 0 bridgehead atoms. The first-order valence-corrected chi connectivity index (χ1v) is 5.51. The molecule has 0 aromatic heterocycles. The Morgan fingerprint density at radius 1 is 1.46 bits per heavy atom. The molecule has 0 spiro atoms. The Kier molecular flexibility index (Phi) is 2.68. The third kappa shape index (κ3) is 2.53. The van der Waals surface area contributed by atoms with Gasteiger partial charge in [0.05, 0.1) is 0 Å². The highest BCUT2D eigenvalue weighted by molar-refractivity contribution is 5.81. The number of carbonyl (C=O) groups excluding carboxylic acids is 1. The van der Waals surface area contributed by atoms with Crippen LogP contribution in [0.4, 0.5) is 0 Å². The predicted octanol–water partition coefficient (Wildman–Crippen LogP) is 1.70. The van der Waals surface area contributed by atoms with Crippen molar-refractivity contribution in [2.75, 3.05) is 19.6 Å². The van der Waals surface area contributed by atoms with Crippen LogP contribution in [0.3, 0.4) is 0 Å². The average Bonchev–Trinajstić information content (AvgIpc) is 2.91. The topological polar surface area (TPSA) is 20.3 Å². The van der Waals surface area contributed by atoms with Gasteiger partial charge in [0.2, 0.25) is 0 Å². The lowest BCUT2D eigenvalue weighted by molar-refractivity contribution is -0.125. The van der Waals surface area contributed by atoms with Crippen LogP contribution in [0.2, 0.25) is 0 Å². The summed E-state index contributed by atoms with van der Waals surface area (Å²) in [5.74, 6) is 1.77. The lowest BCUT2D eigenvalue weighted by atomic mass is 9.98. The van der Waals surface area contributed by atoms with Crippen molar-refractivity contribution in [2.24, 2.45) is 11.8 Å². The lowest BCUT2D eigenvalue weighted by Gasteiger charge is -2.29. The molecule has 2 fully saturated rings. The van der Waals surface area contributed by atoms with Crippen molar-refractivity contribution in [3.8, 4) is 0 Å². The van der Waals surface area contributed by atoms with E-state index >= 15 is 0 Å². The van der Waals surface area contributed by atoms with E-state index in [2.05, 4.69) is 11.8 Å². The Hall–Kier alpha value is -0.370. The molecule has 1 saturated heterocycles. The van der Waals surface area contributed by atoms with E-state index in [0.29, 0.717) is 5.78 Å². The first-order chi connectivity index (χ1) is 6.25. The Bertz CT molecular complexity index is 198. The van der Waals surface area contributed by atoms with Crippen LogP contribution >= 0.6 is 0 Å². The van der Waals surface area contributed by atoms with Gasteiger partial charge in [-0.05, 0) is 18.9 Å². The molecular weight excluding hydrogens is 162 g/mol. The highest BCUT2D eigenvalue weighted by Crippen LogP contribution is 2.32. The van der Waals surface area contributed by atoms with Gasteiger partial charge in [-0.1, -0.05) is 19.8 Å². The van der Waals surface area contributed by atoms with Gasteiger partial charge in [-0.25, -0.2) is 0 Å². The Balaban J connectivity index is 1.70. The zero-order valence-electron chi connectivity index (χ0n) is 8.46. The number of carbonyl (C=O) groups is 1. The maximum atomic E-state index is 11.3. The van der Waals surface area contributed by atoms with Gasteiger partial charge in [-0.15, -0.1) is 0 Å². The molecule has 2 nitrogen and oxygen atoms in total. The highest BCUT2D eigenvalue weighted by Gasteiger charge is 2.26. The largest absolute Gasteiger partial charge is 0.302 e. The van der Waals surface area contributed by atoms with Crippen LogP contribution in [0.5, 0.6) is 0 Å². The van der Waals surface area contributed by atoms with Gasteiger partial charge >= 0.3 is 0 Å². The number of hydrogen-bond acceptors (Lipinski definition) is 2. The first kappa shape index (κ1) is 9.20. The SMILES string of the molecule is CC1CN(CCC2CC2)CCC1=O. The van der Waals surface area contributed by atoms with Crippen LogP contribution in [0.25, 0.3) is 0 Å². The molecule has 1 atom stereocenters. The molecule has 0 amide bonds. The second-order valence-electron chi connectivity index (χ2n) is 4.65. The summed E-state index contributed by atoms with van der Waals surface area (Å²) in [5, 5.41) is 0. The average molecular weight is 181 g/mol. The molecule has 1 unspecified atom stereocenters. The van der Waals surface area contributed by atoms with Crippen molar-refractivity contribution in [1.82, 2.24) is 4.90 Å². The number of ketones is 1. The highest BCUT2D eigenvalue weighted by atomic mass is 16.1. The summed E-state index contributed by atoms with van der Waals surface area (Å²) in [4.78, 5) is 13.7. The van der Waals surface area contributed by atoms with Crippen LogP contribution in [0.15, 0.2) is 0 Å². The van der Waals surface area contributed by atoms with E-state index in [1.54, 1.807) is 0 Å². The molecule has 1 heterocycles. The third-order valence-corrected chi connectivity index (χ3v) is 3.31. The molecule has 2 aliphatic rings. The molecule has 74 valence electrons. The van der Waals surface area contributed by atoms with Crippen molar-refractivity contribution < 1.29 is 4.79 Å². The minimum atomic E-state index is 0.285. The summed E-state index contributed by atoms with van der Waals surface area (Å²) in [6.07, 6.45) is 5.04. The maximum absolute atomic E-state index is 11.3. The van der Waals surface area contributed by atoms with E-state index in [-0.39, 0.29) is 5.92 Å². The number of likely N-dealkylation sites (tertiary alicyclic amines) is 1. The van der Waals surface area contributed by atoms with Crippen LogP contribution in [-0.4, -0.2) is 30.3 Å². The summed E-state index contributed by atoms with van der Waals surface area (Å²) < 4.78 is 0. The smallest absolute Gasteiger partial charge is 0.138 e. The zero-order chi connectivity index (χ0) is 9.26. The second-order valence-corrected chi connectivity index (χ2v) is 4.65. The zero-order valence-corrected chi connectivity index (χ0v) is 8.46. The summed E-state index contributed by atoms with van der Waals surface area (Å²) in [6, 6.07) is 0. The van der Waals surface area contributed by atoms with Crippen LogP contribution in [0, 0.1) is 11.8 Å². The van der Waals surface area contributed by atoms with Crippen molar-refractivity contribution >= 4 is 5.78 Å². The Morgan fingerprint density at radius 2 is 2.23 bits per heavy atom. The number of rotatable bonds is 3. The van der Waals surface area contributed by atoms with Crippen LogP contribution < -0.4 is 0 Å². The van der Waals surface area contributed by atoms with Gasteiger partial charge in [0.15, 0.2) is 0 Å². The molecule has 1 aliphatic heterocycles. The summed E-state index contributed by atoms with van der Waals surface area (Å²) >= 11 is 0. The van der Waals surface area contributed by atoms with Gasteiger partial charge in [-0.2, -0.15) is 0 Å². The van der Waals surface area contributed by atoms with Crippen molar-refractivity contribution in [1.29, 1.82) is 0 Å². The fourth-order valence-corrected chi connectivity index (χ4v) is 2.07. The van der Waals surface area contributed by atoms with Crippen molar-refractivity contribution in [3.05, 3.63) is 0 Å². The van der Waals surface area contributed by atoms with Gasteiger partial charge in [0.1, 0.15) is 5.78 Å². The monoisotopic (exact) mass is 181 g/mol. The van der Waals surface area contributed by atoms with E-state index in [4.69, 9.17) is 0 Å². The minimum Gasteiger partial charge on any atom is -0.302 e. The van der Waals surface area contributed by atoms with Gasteiger partial charge in [0.25, 0.3) is 0 Å². The fourth-order valence-electron chi connectivity index (χ4n) is 2.07. The number of piperidine rings is 1. The normalized spacial score (nSPS) is 30.8. The van der Waals surface area contributed by atoms with Gasteiger partial charge < -0.3 is 4.90 Å². The third-order valence-electron chi connectivity index (χ3n) is 3.31. The van der Waals surface area contributed by atoms with E-state index in [9.17, 15) is 4.79 Å². The van der Waals surface area contributed by atoms with Gasteiger partial charge in [0, 0.05) is 25.4 Å². The van der Waals surface area contributed by atoms with E-state index in [0.717, 1.165) is 25.4 Å². The minimum absolute atomic E-state index is 0.285. The van der Waals surface area contributed by atoms with Gasteiger partial charge in [-0.3, -0.25) is 4.79 Å². The Labute approximate surface area is 80.3 Å². The van der Waals surface area contributed by atoms with Crippen LogP contribution in [-0.2, 0) is 4.79 Å². The quantitative estimate of drug-likeness (QED) is 0.660. The summed E-state index contributed by atoms with van der Waals surface area (Å²) in [5.41, 5.74) is 0. The lowest BCUT2D eigenvalue weighted by Crippen LogP contribution is -2.40. The number of nitrogens with zero attached hydrogens (tertiary/aromatic N) is 1. The molecule has 0 N–H and O–H groups in total. The van der Waals surface area contributed by atoms with Crippen LogP contribution in [0.1, 0.15) is 32.6 Å².